The number of piperidine rings is 3. The smallest absolute Gasteiger partial charge is 0.258 e. The van der Waals surface area contributed by atoms with Crippen LogP contribution in [0.4, 0.5) is 0 Å². The second-order valence-electron chi connectivity index (χ2n) is 7.37. The first-order chi connectivity index (χ1) is 12.3. The average Bonchev–Trinajstić information content (AvgIpc) is 2.70. The summed E-state index contributed by atoms with van der Waals surface area (Å²) in [7, 11) is 0. The molecule has 0 N–H and O–H groups in total. The maximum absolute atomic E-state index is 13.2. The number of nitrogens with zero attached hydrogens (tertiary/aromatic N) is 2. The Bertz CT molecular complexity index is 968. The van der Waals surface area contributed by atoms with E-state index in [1.54, 1.807) is 0 Å². The molecule has 0 aliphatic carbocycles. The van der Waals surface area contributed by atoms with Crippen molar-refractivity contribution in [1.82, 2.24) is 9.47 Å². The summed E-state index contributed by atoms with van der Waals surface area (Å²) in [6, 6.07) is 18.8. The molecule has 1 atom stereocenters. The van der Waals surface area contributed by atoms with Gasteiger partial charge in [0.05, 0.1) is 6.04 Å². The third-order valence-electron chi connectivity index (χ3n) is 6.01. The summed E-state index contributed by atoms with van der Waals surface area (Å²) in [6.07, 6.45) is 4.54. The Hall–Kier alpha value is -2.39. The highest BCUT2D eigenvalue weighted by Crippen LogP contribution is 2.36. The van der Waals surface area contributed by atoms with Gasteiger partial charge in [0.2, 0.25) is 0 Å². The molecule has 2 bridgehead atoms. The topological polar surface area (TPSA) is 25.2 Å². The van der Waals surface area contributed by atoms with Crippen molar-refractivity contribution in [2.45, 2.75) is 18.9 Å². The molecule has 3 nitrogen and oxygen atoms in total. The predicted molar refractivity (Wildman–Crippen MR) is 102 cm³/mol. The van der Waals surface area contributed by atoms with Crippen LogP contribution in [0, 0.1) is 5.92 Å². The zero-order chi connectivity index (χ0) is 16.8. The van der Waals surface area contributed by atoms with Crippen molar-refractivity contribution in [3.05, 3.63) is 71.1 Å². The van der Waals surface area contributed by atoms with Crippen LogP contribution in [0.3, 0.4) is 0 Å². The van der Waals surface area contributed by atoms with Crippen molar-refractivity contribution < 1.29 is 0 Å². The minimum atomic E-state index is 0.161. The molecule has 3 aromatic rings. The monoisotopic (exact) mass is 330 g/mol. The Balaban J connectivity index is 1.75. The van der Waals surface area contributed by atoms with Crippen LogP contribution in [0.15, 0.2) is 65.6 Å². The van der Waals surface area contributed by atoms with Gasteiger partial charge < -0.3 is 9.47 Å². The molecule has 0 spiro atoms. The van der Waals surface area contributed by atoms with Gasteiger partial charge in [-0.15, -0.1) is 0 Å². The molecule has 3 aliphatic rings. The number of hydrogen-bond donors (Lipinski definition) is 0. The fourth-order valence-corrected chi connectivity index (χ4v) is 4.65. The largest absolute Gasteiger partial charge is 0.310 e. The van der Waals surface area contributed by atoms with Gasteiger partial charge in [0.25, 0.3) is 5.56 Å². The zero-order valence-corrected chi connectivity index (χ0v) is 14.3. The Morgan fingerprint density at radius 2 is 1.52 bits per heavy atom. The molecule has 6 rings (SSSR count). The van der Waals surface area contributed by atoms with E-state index < -0.39 is 0 Å². The standard InChI is InChI=1S/C22H22N2O/c25-22-19-9-5-4-8-18(19)20(16-6-2-1-3-7-16)14-24(22)21-15-23-12-10-17(21)11-13-23/h1-9,14,17,21H,10-13,15H2/t21-/m1/s1. The average molecular weight is 330 g/mol. The van der Waals surface area contributed by atoms with Crippen molar-refractivity contribution in [2.24, 2.45) is 5.92 Å². The van der Waals surface area contributed by atoms with Gasteiger partial charge >= 0.3 is 0 Å². The molecule has 2 aromatic carbocycles. The van der Waals surface area contributed by atoms with E-state index in [0.717, 1.165) is 22.9 Å². The van der Waals surface area contributed by atoms with Gasteiger partial charge in [-0.2, -0.15) is 0 Å². The van der Waals surface area contributed by atoms with Gasteiger partial charge in [-0.1, -0.05) is 48.5 Å². The predicted octanol–water partition coefficient (Wildman–Crippen LogP) is 3.94. The number of pyridine rings is 1. The lowest BCUT2D eigenvalue weighted by molar-refractivity contribution is 0.0557. The molecule has 3 aliphatic heterocycles. The van der Waals surface area contributed by atoms with E-state index in [4.69, 9.17) is 0 Å². The number of benzene rings is 2. The molecule has 25 heavy (non-hydrogen) atoms. The van der Waals surface area contributed by atoms with E-state index in [9.17, 15) is 4.79 Å². The zero-order valence-electron chi connectivity index (χ0n) is 14.3. The summed E-state index contributed by atoms with van der Waals surface area (Å²) in [5, 5.41) is 1.89. The summed E-state index contributed by atoms with van der Waals surface area (Å²) in [4.78, 5) is 15.7. The van der Waals surface area contributed by atoms with Gasteiger partial charge in [0.15, 0.2) is 0 Å². The molecule has 3 fully saturated rings. The SMILES string of the molecule is O=c1c2ccccc2c(-c2ccccc2)cn1[C@@H]1CN2CCC1CC2. The fraction of sp³-hybridized carbons (Fsp3) is 0.318. The van der Waals surface area contributed by atoms with Crippen LogP contribution in [0.2, 0.25) is 0 Å². The van der Waals surface area contributed by atoms with Gasteiger partial charge in [-0.05, 0) is 48.9 Å². The minimum absolute atomic E-state index is 0.161. The molecule has 1 aromatic heterocycles. The molecule has 0 saturated carbocycles. The molecular formula is C22H22N2O. The van der Waals surface area contributed by atoms with Crippen LogP contribution in [0.25, 0.3) is 21.9 Å². The van der Waals surface area contributed by atoms with Crippen LogP contribution < -0.4 is 5.56 Å². The summed E-state index contributed by atoms with van der Waals surface area (Å²) < 4.78 is 2.04. The highest BCUT2D eigenvalue weighted by Gasteiger charge is 2.35. The molecule has 126 valence electrons. The lowest BCUT2D eigenvalue weighted by Gasteiger charge is -2.45. The van der Waals surface area contributed by atoms with Gasteiger partial charge in [-0.25, -0.2) is 0 Å². The highest BCUT2D eigenvalue weighted by atomic mass is 16.1. The Kier molecular flexibility index (Phi) is 3.49. The Labute approximate surface area is 147 Å². The molecular weight excluding hydrogens is 308 g/mol. The third kappa shape index (κ3) is 2.42. The van der Waals surface area contributed by atoms with E-state index in [2.05, 4.69) is 41.4 Å². The van der Waals surface area contributed by atoms with Gasteiger partial charge in [-0.3, -0.25) is 4.79 Å². The van der Waals surface area contributed by atoms with E-state index in [1.807, 2.05) is 28.8 Å². The van der Waals surface area contributed by atoms with E-state index in [1.165, 1.54) is 31.5 Å². The molecule has 0 radical (unpaired) electrons. The summed E-state index contributed by atoms with van der Waals surface area (Å²) in [6.45, 7) is 3.39. The van der Waals surface area contributed by atoms with E-state index in [0.29, 0.717) is 12.0 Å². The summed E-state index contributed by atoms with van der Waals surface area (Å²) in [5.74, 6) is 0.632. The lowest BCUT2D eigenvalue weighted by Crippen LogP contribution is -2.50. The summed E-state index contributed by atoms with van der Waals surface area (Å²) >= 11 is 0. The first-order valence-corrected chi connectivity index (χ1v) is 9.23. The quantitative estimate of drug-likeness (QED) is 0.711. The van der Waals surface area contributed by atoms with E-state index >= 15 is 0 Å². The fourth-order valence-electron chi connectivity index (χ4n) is 4.65. The van der Waals surface area contributed by atoms with E-state index in [-0.39, 0.29) is 5.56 Å². The van der Waals surface area contributed by atoms with Crippen molar-refractivity contribution in [2.75, 3.05) is 19.6 Å². The summed E-state index contributed by atoms with van der Waals surface area (Å²) in [5.41, 5.74) is 2.50. The van der Waals surface area contributed by atoms with Gasteiger partial charge in [0.1, 0.15) is 0 Å². The Morgan fingerprint density at radius 1 is 0.840 bits per heavy atom. The number of fused-ring (bicyclic) bond motifs is 4. The van der Waals surface area contributed by atoms with Crippen LogP contribution in [-0.2, 0) is 0 Å². The second kappa shape index (κ2) is 5.85. The molecule has 0 amide bonds. The third-order valence-corrected chi connectivity index (χ3v) is 6.01. The number of hydrogen-bond acceptors (Lipinski definition) is 2. The highest BCUT2D eigenvalue weighted by molar-refractivity contribution is 5.95. The number of aromatic nitrogens is 1. The van der Waals surface area contributed by atoms with Crippen LogP contribution in [0.1, 0.15) is 18.9 Å². The molecule has 0 unspecified atom stereocenters. The Morgan fingerprint density at radius 3 is 2.20 bits per heavy atom. The maximum Gasteiger partial charge on any atom is 0.258 e. The van der Waals surface area contributed by atoms with Crippen molar-refractivity contribution >= 4 is 10.8 Å². The van der Waals surface area contributed by atoms with Crippen LogP contribution in [-0.4, -0.2) is 29.1 Å². The first kappa shape index (κ1) is 14.9. The number of rotatable bonds is 2. The lowest BCUT2D eigenvalue weighted by atomic mass is 9.83. The maximum atomic E-state index is 13.2. The molecule has 4 heterocycles. The van der Waals surface area contributed by atoms with Crippen LogP contribution in [0.5, 0.6) is 0 Å². The molecule has 3 saturated heterocycles. The second-order valence-corrected chi connectivity index (χ2v) is 7.37. The van der Waals surface area contributed by atoms with Gasteiger partial charge in [0, 0.05) is 23.7 Å². The first-order valence-electron chi connectivity index (χ1n) is 9.23. The van der Waals surface area contributed by atoms with Crippen molar-refractivity contribution in [3.8, 4) is 11.1 Å². The normalized spacial score (nSPS) is 25.4. The minimum Gasteiger partial charge on any atom is -0.310 e. The molecule has 3 heteroatoms. The van der Waals surface area contributed by atoms with Crippen LogP contribution >= 0.6 is 0 Å². The van der Waals surface area contributed by atoms with Crippen molar-refractivity contribution in [1.29, 1.82) is 0 Å². The van der Waals surface area contributed by atoms with Crippen molar-refractivity contribution in [3.63, 3.8) is 0 Å².